The molecule has 0 atom stereocenters. The molecule has 0 aliphatic heterocycles. The maximum Gasteiger partial charge on any atom is 0.164 e. The van der Waals surface area contributed by atoms with Crippen molar-refractivity contribution in [3.05, 3.63) is 344 Å². The van der Waals surface area contributed by atoms with Crippen LogP contribution in [-0.4, -0.2) is 24.1 Å². The quantitative estimate of drug-likeness (QED) is 0.120. The van der Waals surface area contributed by atoms with Gasteiger partial charge in [0.25, 0.3) is 0 Å². The summed E-state index contributed by atoms with van der Waals surface area (Å²) in [6, 6.07) is 120. The molecular weight excluding hydrogens is 1190 g/mol. The fraction of sp³-hybridized carbons (Fsp3) is 0. The number of fused-ring (bicyclic) bond motifs is 6. The van der Waals surface area contributed by atoms with Gasteiger partial charge in [0.2, 0.25) is 0 Å². The third kappa shape index (κ3) is 10.6. The molecule has 0 aliphatic rings. The smallest absolute Gasteiger partial charge is 0.164 e. The molecule has 0 amide bonds. The highest BCUT2D eigenvalue weighted by Crippen LogP contribution is 2.43. The van der Waals surface area contributed by atoms with Crippen molar-refractivity contribution in [3.63, 3.8) is 0 Å². The lowest BCUT2D eigenvalue weighted by molar-refractivity contribution is 1.07. The van der Waals surface area contributed by atoms with Crippen molar-refractivity contribution in [1.29, 1.82) is 15.8 Å². The van der Waals surface area contributed by atoms with E-state index in [-0.39, 0.29) is 0 Å². The largest absolute Gasteiger partial charge is 0.309 e. The van der Waals surface area contributed by atoms with Crippen LogP contribution in [0.15, 0.2) is 328 Å². The van der Waals surface area contributed by atoms with Gasteiger partial charge in [0.15, 0.2) is 17.5 Å². The zero-order chi connectivity index (χ0) is 65.6. The fourth-order valence-corrected chi connectivity index (χ4v) is 13.9. The van der Waals surface area contributed by atoms with E-state index in [1.165, 1.54) is 0 Å². The SMILES string of the molecule is N#Cc1ccc(-c2cccc(-c3nc(-c4cc(-c5ccccc5C#N)cc(-n5c6ccc(-c7ccccc7)cc6c6cc(-c7ccccc7)ccc65)c4)nc(-c4cc(-c5ccccc5C#N)cc(-n5c6ccc(-c7ccccc7)cc6c6cc(-c7ccccc7)ccc65)c4)n3)c2)cc1. The third-order valence-electron chi connectivity index (χ3n) is 18.6. The number of benzene rings is 14. The van der Waals surface area contributed by atoms with Crippen LogP contribution in [0.25, 0.3) is 167 Å². The zero-order valence-electron chi connectivity index (χ0n) is 52.8. The van der Waals surface area contributed by atoms with Crippen LogP contribution >= 0.6 is 0 Å². The van der Waals surface area contributed by atoms with Crippen molar-refractivity contribution in [2.45, 2.75) is 0 Å². The molecule has 8 nitrogen and oxygen atoms in total. The zero-order valence-corrected chi connectivity index (χ0v) is 52.8. The second-order valence-corrected chi connectivity index (χ2v) is 24.5. The van der Waals surface area contributed by atoms with Crippen molar-refractivity contribution in [1.82, 2.24) is 24.1 Å². The van der Waals surface area contributed by atoms with Gasteiger partial charge in [0.1, 0.15) is 0 Å². The minimum absolute atomic E-state index is 0.396. The van der Waals surface area contributed by atoms with E-state index in [0.717, 1.165) is 138 Å². The van der Waals surface area contributed by atoms with E-state index in [9.17, 15) is 15.8 Å². The number of nitriles is 3. The number of aromatic nitrogens is 5. The Kier molecular flexibility index (Phi) is 14.5. The minimum Gasteiger partial charge on any atom is -0.309 e. The Labute approximate surface area is 566 Å². The number of nitrogens with zero attached hydrogens (tertiary/aromatic N) is 8. The summed E-state index contributed by atoms with van der Waals surface area (Å²) in [7, 11) is 0. The Morgan fingerprint density at radius 3 is 0.867 bits per heavy atom. The summed E-state index contributed by atoms with van der Waals surface area (Å²) in [5.41, 5.74) is 23.2. The molecule has 3 heterocycles. The van der Waals surface area contributed by atoms with Crippen LogP contribution in [-0.2, 0) is 0 Å². The van der Waals surface area contributed by atoms with Gasteiger partial charge in [-0.2, -0.15) is 15.8 Å². The maximum absolute atomic E-state index is 10.8. The van der Waals surface area contributed by atoms with E-state index in [0.29, 0.717) is 45.3 Å². The van der Waals surface area contributed by atoms with Crippen LogP contribution in [0.1, 0.15) is 16.7 Å². The fourth-order valence-electron chi connectivity index (χ4n) is 13.9. The number of hydrogen-bond donors (Lipinski definition) is 0. The summed E-state index contributed by atoms with van der Waals surface area (Å²) < 4.78 is 4.64. The van der Waals surface area contributed by atoms with E-state index in [1.807, 2.05) is 115 Å². The van der Waals surface area contributed by atoms with Crippen molar-refractivity contribution < 1.29 is 0 Å². The Bertz CT molecular complexity index is 5610. The summed E-state index contributed by atoms with van der Waals surface area (Å²) in [6.45, 7) is 0. The highest BCUT2D eigenvalue weighted by molar-refractivity contribution is 6.13. The van der Waals surface area contributed by atoms with Crippen molar-refractivity contribution in [2.24, 2.45) is 0 Å². The van der Waals surface area contributed by atoms with Crippen LogP contribution in [0.4, 0.5) is 0 Å². The van der Waals surface area contributed by atoms with Gasteiger partial charge in [0.05, 0.1) is 57.0 Å². The normalized spacial score (nSPS) is 11.2. The molecule has 98 heavy (non-hydrogen) atoms. The van der Waals surface area contributed by atoms with Crippen molar-refractivity contribution >= 4 is 43.6 Å². The molecule has 3 aromatic heterocycles. The van der Waals surface area contributed by atoms with Crippen LogP contribution in [0, 0.1) is 34.0 Å². The van der Waals surface area contributed by atoms with E-state index in [2.05, 4.69) is 240 Å². The van der Waals surface area contributed by atoms with Gasteiger partial charge in [-0.25, -0.2) is 15.0 Å². The molecule has 0 bridgehead atoms. The summed E-state index contributed by atoms with van der Waals surface area (Å²) in [5.74, 6) is 1.22. The molecule has 0 aliphatic carbocycles. The minimum atomic E-state index is 0.396. The lowest BCUT2D eigenvalue weighted by Gasteiger charge is -2.16. The molecule has 0 spiro atoms. The standard InChI is InChI=1S/C90H54N8/c91-55-58-32-34-63(35-33-58)64-28-17-29-69(44-64)88-94-89(74-45-72(78-30-15-13-26-70(78)56-92)47-76(49-74)97-84-40-36-65(59-18-5-1-6-19-59)51-80(84)81-52-66(37-41-85(81)97)60-20-7-2-8-21-60)96-90(95-88)75-46-73(79-31-16-14-27-71(79)57-93)48-77(50-75)98-86-42-38-67(61-22-9-3-10-23-61)53-82(86)83-54-68(39-43-87(83)98)62-24-11-4-12-25-62/h1-54H. The van der Waals surface area contributed by atoms with E-state index >= 15 is 0 Å². The van der Waals surface area contributed by atoms with Crippen LogP contribution < -0.4 is 0 Å². The predicted octanol–water partition coefficient (Wildman–Crippen LogP) is 22.4. The number of hydrogen-bond acceptors (Lipinski definition) is 6. The highest BCUT2D eigenvalue weighted by Gasteiger charge is 2.23. The molecule has 17 aromatic rings. The lowest BCUT2D eigenvalue weighted by atomic mass is 9.97. The van der Waals surface area contributed by atoms with E-state index in [4.69, 9.17) is 15.0 Å². The first-order chi connectivity index (χ1) is 48.4. The van der Waals surface area contributed by atoms with Crippen molar-refractivity contribution in [3.8, 4) is 142 Å². The van der Waals surface area contributed by atoms with Gasteiger partial charge in [-0.1, -0.05) is 212 Å². The summed E-state index contributed by atoms with van der Waals surface area (Å²) >= 11 is 0. The summed E-state index contributed by atoms with van der Waals surface area (Å²) in [6.07, 6.45) is 0. The third-order valence-corrected chi connectivity index (χ3v) is 18.6. The first-order valence-electron chi connectivity index (χ1n) is 32.5. The van der Waals surface area contributed by atoms with Crippen LogP contribution in [0.5, 0.6) is 0 Å². The molecule has 0 N–H and O–H groups in total. The Morgan fingerprint density at radius 2 is 0.500 bits per heavy atom. The molecule has 17 rings (SSSR count). The lowest BCUT2D eigenvalue weighted by Crippen LogP contribution is -2.03. The van der Waals surface area contributed by atoms with Crippen molar-refractivity contribution in [2.75, 3.05) is 0 Å². The molecule has 0 saturated heterocycles. The number of rotatable bonds is 12. The average molecular weight is 1250 g/mol. The van der Waals surface area contributed by atoms with Crippen LogP contribution in [0.3, 0.4) is 0 Å². The molecule has 0 fully saturated rings. The maximum atomic E-state index is 10.8. The summed E-state index contributed by atoms with van der Waals surface area (Å²) in [4.78, 5) is 16.7. The predicted molar refractivity (Wildman–Crippen MR) is 397 cm³/mol. The molecule has 14 aromatic carbocycles. The van der Waals surface area contributed by atoms with Gasteiger partial charge in [-0.05, 0) is 193 Å². The Balaban J connectivity index is 0.932. The first kappa shape index (κ1) is 58.0. The van der Waals surface area contributed by atoms with Crippen LogP contribution in [0.2, 0.25) is 0 Å². The molecule has 8 heteroatoms. The monoisotopic (exact) mass is 1250 g/mol. The Morgan fingerprint density at radius 1 is 0.214 bits per heavy atom. The molecule has 0 radical (unpaired) electrons. The molecular formula is C90H54N8. The van der Waals surface area contributed by atoms with Gasteiger partial charge < -0.3 is 9.13 Å². The van der Waals surface area contributed by atoms with Gasteiger partial charge in [0, 0.05) is 49.6 Å². The Hall–Kier alpha value is -13.8. The van der Waals surface area contributed by atoms with Gasteiger partial charge in [-0.15, -0.1) is 0 Å². The molecule has 0 saturated carbocycles. The van der Waals surface area contributed by atoms with E-state index < -0.39 is 0 Å². The second-order valence-electron chi connectivity index (χ2n) is 24.5. The molecule has 0 unspecified atom stereocenters. The molecule has 454 valence electrons. The van der Waals surface area contributed by atoms with E-state index in [1.54, 1.807) is 0 Å². The van der Waals surface area contributed by atoms with Gasteiger partial charge >= 0.3 is 0 Å². The highest BCUT2D eigenvalue weighted by atomic mass is 15.0. The first-order valence-corrected chi connectivity index (χ1v) is 32.5. The average Bonchev–Trinajstić information content (AvgIpc) is 1.60. The van der Waals surface area contributed by atoms with Gasteiger partial charge in [-0.3, -0.25) is 0 Å². The summed E-state index contributed by atoms with van der Waals surface area (Å²) in [5, 5.41) is 35.8. The second kappa shape index (κ2) is 24.6. The topological polar surface area (TPSA) is 120 Å².